The van der Waals surface area contributed by atoms with E-state index in [1.165, 1.54) is 27.8 Å². The molecule has 0 amide bonds. The van der Waals surface area contributed by atoms with Gasteiger partial charge in [0.05, 0.1) is 11.0 Å². The molecule has 2 aliphatic rings. The van der Waals surface area contributed by atoms with Crippen molar-refractivity contribution in [3.05, 3.63) is 162 Å². The van der Waals surface area contributed by atoms with Crippen molar-refractivity contribution in [1.82, 2.24) is 14.5 Å². The van der Waals surface area contributed by atoms with Crippen LogP contribution in [0.2, 0.25) is 0 Å². The van der Waals surface area contributed by atoms with E-state index in [2.05, 4.69) is 108 Å². The van der Waals surface area contributed by atoms with Crippen molar-refractivity contribution in [1.29, 1.82) is 0 Å². The Bertz CT molecular complexity index is 2180. The number of benzene rings is 5. The van der Waals surface area contributed by atoms with Crippen LogP contribution in [0.3, 0.4) is 0 Å². The highest BCUT2D eigenvalue weighted by atomic mass is 16.5. The number of hydrogen-bond acceptors (Lipinski definition) is 3. The molecule has 7 aromatic rings. The highest BCUT2D eigenvalue weighted by Gasteiger charge is 2.43. The summed E-state index contributed by atoms with van der Waals surface area (Å²) < 4.78 is 8.66. The van der Waals surface area contributed by atoms with Crippen molar-refractivity contribution in [2.24, 2.45) is 5.41 Å². The van der Waals surface area contributed by atoms with Gasteiger partial charge in [0, 0.05) is 11.8 Å². The summed E-state index contributed by atoms with van der Waals surface area (Å²) in [6.07, 6.45) is 4.43. The van der Waals surface area contributed by atoms with Gasteiger partial charge in [-0.2, -0.15) is 0 Å². The van der Waals surface area contributed by atoms with Crippen molar-refractivity contribution >= 4 is 11.0 Å². The lowest BCUT2D eigenvalue weighted by molar-refractivity contribution is 0.327. The molecule has 5 aromatic carbocycles. The van der Waals surface area contributed by atoms with E-state index in [1.807, 2.05) is 36.4 Å². The molecule has 0 unspecified atom stereocenters. The first-order chi connectivity index (χ1) is 22.2. The van der Waals surface area contributed by atoms with E-state index >= 15 is 0 Å². The van der Waals surface area contributed by atoms with E-state index in [4.69, 9.17) is 14.7 Å². The van der Waals surface area contributed by atoms with Crippen LogP contribution in [-0.2, 0) is 25.7 Å². The minimum absolute atomic E-state index is 0.243. The van der Waals surface area contributed by atoms with Gasteiger partial charge < -0.3 is 4.74 Å². The lowest BCUT2D eigenvalue weighted by Gasteiger charge is -2.22. The SMILES string of the molecule is c1ccc(-c2cccc(Oc3cccc(-c4nc5ccc6c(c5n4-c4ccccc4)CC4(Cc5ccccc5C4)C6)n3)c2)cc1. The van der Waals surface area contributed by atoms with E-state index in [-0.39, 0.29) is 5.41 Å². The minimum Gasteiger partial charge on any atom is -0.439 e. The zero-order valence-electron chi connectivity index (χ0n) is 24.9. The van der Waals surface area contributed by atoms with Crippen molar-refractivity contribution in [3.8, 4) is 40.0 Å². The highest BCUT2D eigenvalue weighted by molar-refractivity contribution is 5.87. The summed E-state index contributed by atoms with van der Waals surface area (Å²) in [5, 5.41) is 0. The Hall–Kier alpha value is -5.48. The Morgan fingerprint density at radius 3 is 2.04 bits per heavy atom. The Kier molecular flexibility index (Phi) is 5.95. The predicted molar refractivity (Wildman–Crippen MR) is 180 cm³/mol. The van der Waals surface area contributed by atoms with E-state index in [9.17, 15) is 0 Å². The standard InChI is InChI=1S/C41H31N3O/c1-3-11-28(12-4-1)29-15-9-18-34(23-29)45-38-20-10-19-37(42-38)40-43-36-22-21-32-26-41(24-30-13-7-8-14-31(30)25-41)27-35(32)39(36)44(40)33-16-5-2-6-17-33/h1-23H,24-27H2. The summed E-state index contributed by atoms with van der Waals surface area (Å²) in [5.74, 6) is 2.11. The maximum absolute atomic E-state index is 6.34. The third-order valence-electron chi connectivity index (χ3n) is 9.52. The van der Waals surface area contributed by atoms with Crippen molar-refractivity contribution in [2.75, 3.05) is 0 Å². The molecule has 2 aromatic heterocycles. The van der Waals surface area contributed by atoms with Crippen LogP contribution in [0.4, 0.5) is 0 Å². The van der Waals surface area contributed by atoms with Crippen LogP contribution in [0.5, 0.6) is 11.6 Å². The quantitative estimate of drug-likeness (QED) is 0.203. The van der Waals surface area contributed by atoms with Gasteiger partial charge in [0.15, 0.2) is 5.82 Å². The van der Waals surface area contributed by atoms with Gasteiger partial charge >= 0.3 is 0 Å². The smallest absolute Gasteiger partial charge is 0.219 e. The molecule has 0 N–H and O–H groups in total. The normalized spacial score (nSPS) is 14.5. The van der Waals surface area contributed by atoms with Gasteiger partial charge in [-0.1, -0.05) is 97.1 Å². The average molecular weight is 582 g/mol. The Balaban J connectivity index is 1.12. The molecule has 4 nitrogen and oxygen atoms in total. The molecule has 0 bridgehead atoms. The number of fused-ring (bicyclic) bond motifs is 4. The number of pyridine rings is 1. The predicted octanol–water partition coefficient (Wildman–Crippen LogP) is 9.43. The molecular weight excluding hydrogens is 550 g/mol. The first-order valence-corrected chi connectivity index (χ1v) is 15.7. The summed E-state index contributed by atoms with van der Waals surface area (Å²) >= 11 is 0. The molecular formula is C41H31N3O. The van der Waals surface area contributed by atoms with Gasteiger partial charge in [-0.15, -0.1) is 0 Å². The lowest BCUT2D eigenvalue weighted by atomic mass is 9.82. The second-order valence-electron chi connectivity index (χ2n) is 12.5. The van der Waals surface area contributed by atoms with Crippen LogP contribution < -0.4 is 4.74 Å². The first kappa shape index (κ1) is 26.0. The van der Waals surface area contributed by atoms with Crippen LogP contribution in [0, 0.1) is 5.41 Å². The number of nitrogens with zero attached hydrogens (tertiary/aromatic N) is 3. The molecule has 0 atom stereocenters. The topological polar surface area (TPSA) is 39.9 Å². The summed E-state index contributed by atoms with van der Waals surface area (Å²) in [6.45, 7) is 0. The fourth-order valence-electron chi connectivity index (χ4n) is 7.59. The molecule has 0 radical (unpaired) electrons. The number of imidazole rings is 1. The molecule has 0 fully saturated rings. The Morgan fingerprint density at radius 1 is 0.556 bits per heavy atom. The van der Waals surface area contributed by atoms with Crippen molar-refractivity contribution in [2.45, 2.75) is 25.7 Å². The molecule has 2 heterocycles. The zero-order valence-corrected chi connectivity index (χ0v) is 24.9. The van der Waals surface area contributed by atoms with Gasteiger partial charge in [-0.3, -0.25) is 4.57 Å². The third-order valence-corrected chi connectivity index (χ3v) is 9.52. The molecule has 1 spiro atoms. The van der Waals surface area contributed by atoms with E-state index in [1.54, 1.807) is 0 Å². The van der Waals surface area contributed by atoms with Crippen molar-refractivity contribution < 1.29 is 4.74 Å². The minimum atomic E-state index is 0.243. The van der Waals surface area contributed by atoms with Gasteiger partial charge in [0.2, 0.25) is 5.88 Å². The van der Waals surface area contributed by atoms with Gasteiger partial charge in [-0.05, 0) is 101 Å². The molecule has 0 saturated carbocycles. The summed E-state index contributed by atoms with van der Waals surface area (Å²) in [5.41, 5.74) is 12.5. The van der Waals surface area contributed by atoms with Crippen molar-refractivity contribution in [3.63, 3.8) is 0 Å². The molecule has 0 aliphatic heterocycles. The fraction of sp³-hybridized carbons (Fsp3) is 0.122. The van der Waals surface area contributed by atoms with E-state index < -0.39 is 0 Å². The van der Waals surface area contributed by atoms with Crippen LogP contribution in [-0.4, -0.2) is 14.5 Å². The maximum Gasteiger partial charge on any atom is 0.219 e. The molecule has 2 aliphatic carbocycles. The fourth-order valence-corrected chi connectivity index (χ4v) is 7.59. The van der Waals surface area contributed by atoms with Crippen LogP contribution in [0.15, 0.2) is 140 Å². The van der Waals surface area contributed by atoms with Gasteiger partial charge in [0.1, 0.15) is 11.4 Å². The zero-order chi connectivity index (χ0) is 29.8. The number of ether oxygens (including phenoxy) is 1. The monoisotopic (exact) mass is 581 g/mol. The molecule has 9 rings (SSSR count). The second kappa shape index (κ2) is 10.3. The van der Waals surface area contributed by atoms with Crippen LogP contribution in [0.25, 0.3) is 39.4 Å². The Morgan fingerprint density at radius 2 is 1.24 bits per heavy atom. The number of hydrogen-bond donors (Lipinski definition) is 0. The molecule has 4 heteroatoms. The average Bonchev–Trinajstić information content (AvgIpc) is 3.77. The second-order valence-corrected chi connectivity index (χ2v) is 12.5. The van der Waals surface area contributed by atoms with Crippen LogP contribution in [0.1, 0.15) is 22.3 Å². The first-order valence-electron chi connectivity index (χ1n) is 15.7. The summed E-state index contributed by atoms with van der Waals surface area (Å²) in [4.78, 5) is 10.2. The highest BCUT2D eigenvalue weighted by Crippen LogP contribution is 2.49. The van der Waals surface area contributed by atoms with E-state index in [0.717, 1.165) is 65.3 Å². The molecule has 45 heavy (non-hydrogen) atoms. The number of aromatic nitrogens is 3. The summed E-state index contributed by atoms with van der Waals surface area (Å²) in [6, 6.07) is 48.5. The largest absolute Gasteiger partial charge is 0.439 e. The number of rotatable bonds is 5. The van der Waals surface area contributed by atoms with E-state index in [0.29, 0.717) is 5.88 Å². The summed E-state index contributed by atoms with van der Waals surface area (Å²) in [7, 11) is 0. The van der Waals surface area contributed by atoms with Crippen LogP contribution >= 0.6 is 0 Å². The molecule has 0 saturated heterocycles. The van der Waals surface area contributed by atoms with Gasteiger partial charge in [0.25, 0.3) is 0 Å². The lowest BCUT2D eigenvalue weighted by Crippen LogP contribution is -2.21. The molecule has 216 valence electrons. The third kappa shape index (κ3) is 4.53. The Labute approximate surface area is 262 Å². The number of para-hydroxylation sites is 1. The maximum atomic E-state index is 6.34. The van der Waals surface area contributed by atoms with Gasteiger partial charge in [-0.25, -0.2) is 9.97 Å².